The Hall–Kier alpha value is -3.60. The van der Waals surface area contributed by atoms with Gasteiger partial charge in [-0.3, -0.25) is 4.79 Å². The van der Waals surface area contributed by atoms with E-state index in [0.29, 0.717) is 29.4 Å². The molecule has 1 aliphatic heterocycles. The van der Waals surface area contributed by atoms with Crippen LogP contribution in [0.4, 0.5) is 25.0 Å². The molecule has 1 saturated heterocycles. The van der Waals surface area contributed by atoms with E-state index in [-0.39, 0.29) is 22.8 Å². The van der Waals surface area contributed by atoms with Gasteiger partial charge in [-0.1, -0.05) is 17.4 Å². The maximum absolute atomic E-state index is 13.4. The molecule has 2 N–H and O–H groups in total. The molecule has 32 heavy (non-hydrogen) atoms. The Morgan fingerprint density at radius 1 is 1.09 bits per heavy atom. The number of carbonyl (C=O) groups is 2. The van der Waals surface area contributed by atoms with E-state index in [9.17, 15) is 18.4 Å². The van der Waals surface area contributed by atoms with Gasteiger partial charge in [0.25, 0.3) is 5.91 Å². The Morgan fingerprint density at radius 3 is 2.69 bits per heavy atom. The number of anilines is 2. The fourth-order valence-electron chi connectivity index (χ4n) is 3.38. The third-order valence-electron chi connectivity index (χ3n) is 4.93. The van der Waals surface area contributed by atoms with E-state index in [1.165, 1.54) is 6.07 Å². The first-order chi connectivity index (χ1) is 15.4. The fourth-order valence-corrected chi connectivity index (χ4v) is 4.27. The van der Waals surface area contributed by atoms with Gasteiger partial charge in [0.1, 0.15) is 10.8 Å². The third-order valence-corrected chi connectivity index (χ3v) is 5.96. The van der Waals surface area contributed by atoms with Crippen LogP contribution in [0.25, 0.3) is 0 Å². The minimum Gasteiger partial charge on any atom is -0.497 e. The van der Waals surface area contributed by atoms with E-state index >= 15 is 0 Å². The van der Waals surface area contributed by atoms with Crippen LogP contribution in [-0.2, 0) is 0 Å². The molecule has 0 saturated carbocycles. The van der Waals surface area contributed by atoms with Gasteiger partial charge in [0.2, 0.25) is 5.01 Å². The molecule has 3 amide bonds. The summed E-state index contributed by atoms with van der Waals surface area (Å²) in [5, 5.41) is 13.9. The number of amides is 3. The van der Waals surface area contributed by atoms with Gasteiger partial charge >= 0.3 is 6.03 Å². The van der Waals surface area contributed by atoms with Crippen molar-refractivity contribution in [1.29, 1.82) is 0 Å². The molecule has 1 fully saturated rings. The number of rotatable bonds is 5. The van der Waals surface area contributed by atoms with Crippen molar-refractivity contribution in [3.8, 4) is 5.75 Å². The van der Waals surface area contributed by atoms with Gasteiger partial charge in [0.15, 0.2) is 11.6 Å². The second-order valence-electron chi connectivity index (χ2n) is 7.04. The number of nitrogens with one attached hydrogen (secondary N) is 2. The summed E-state index contributed by atoms with van der Waals surface area (Å²) < 4.78 is 31.6. The smallest absolute Gasteiger partial charge is 0.322 e. The van der Waals surface area contributed by atoms with E-state index in [1.807, 2.05) is 0 Å². The van der Waals surface area contributed by atoms with E-state index in [0.717, 1.165) is 29.9 Å². The van der Waals surface area contributed by atoms with Crippen LogP contribution >= 0.6 is 11.3 Å². The number of likely N-dealkylation sites (tertiary alicyclic amines) is 1. The number of methoxy groups -OCH3 is 1. The lowest BCUT2D eigenvalue weighted by Crippen LogP contribution is -2.34. The van der Waals surface area contributed by atoms with Crippen molar-refractivity contribution in [2.75, 3.05) is 24.3 Å². The topological polar surface area (TPSA) is 96.4 Å². The molecule has 2 aromatic carbocycles. The average Bonchev–Trinajstić information content (AvgIpc) is 3.46. The number of ether oxygens (including phenoxy) is 1. The first kappa shape index (κ1) is 21.6. The lowest BCUT2D eigenvalue weighted by Gasteiger charge is -2.23. The van der Waals surface area contributed by atoms with Crippen molar-refractivity contribution < 1.29 is 23.1 Å². The Labute approximate surface area is 186 Å². The minimum absolute atomic E-state index is 0.0600. The normalized spacial score (nSPS) is 15.5. The maximum Gasteiger partial charge on any atom is 0.322 e. The molecule has 0 radical (unpaired) electrons. The molecule has 1 aromatic heterocycles. The minimum atomic E-state index is -1.07. The Bertz CT molecular complexity index is 1160. The first-order valence-electron chi connectivity index (χ1n) is 9.76. The summed E-state index contributed by atoms with van der Waals surface area (Å²) >= 11 is 1.05. The summed E-state index contributed by atoms with van der Waals surface area (Å²) in [5.41, 5.74) is 0.703. The van der Waals surface area contributed by atoms with E-state index < -0.39 is 17.5 Å². The quantitative estimate of drug-likeness (QED) is 0.588. The highest BCUT2D eigenvalue weighted by Gasteiger charge is 2.33. The number of nitrogens with zero attached hydrogens (tertiary/aromatic N) is 3. The number of hydrogen-bond acceptors (Lipinski definition) is 6. The first-order valence-corrected chi connectivity index (χ1v) is 10.6. The van der Waals surface area contributed by atoms with Gasteiger partial charge in [-0.2, -0.15) is 0 Å². The lowest BCUT2D eigenvalue weighted by atomic mass is 10.2. The molecule has 1 atom stereocenters. The molecule has 3 aromatic rings. The highest BCUT2D eigenvalue weighted by Crippen LogP contribution is 2.34. The van der Waals surface area contributed by atoms with Crippen LogP contribution in [0.15, 0.2) is 42.5 Å². The fraction of sp³-hybridized carbons (Fsp3) is 0.238. The van der Waals surface area contributed by atoms with Crippen molar-refractivity contribution in [3.63, 3.8) is 0 Å². The van der Waals surface area contributed by atoms with Crippen molar-refractivity contribution in [2.45, 2.75) is 18.9 Å². The number of carbonyl (C=O) groups excluding carboxylic acids is 2. The molecular weight excluding hydrogens is 440 g/mol. The number of benzene rings is 2. The highest BCUT2D eigenvalue weighted by molar-refractivity contribution is 7.13. The summed E-state index contributed by atoms with van der Waals surface area (Å²) in [6.07, 6.45) is 1.47. The summed E-state index contributed by atoms with van der Waals surface area (Å²) in [4.78, 5) is 26.9. The van der Waals surface area contributed by atoms with Crippen molar-refractivity contribution in [3.05, 3.63) is 64.1 Å². The molecule has 0 spiro atoms. The molecule has 11 heteroatoms. The van der Waals surface area contributed by atoms with Gasteiger partial charge in [-0.05, 0) is 37.1 Å². The van der Waals surface area contributed by atoms with Crippen LogP contribution in [0, 0.1) is 11.6 Å². The number of urea groups is 1. The van der Waals surface area contributed by atoms with Crippen molar-refractivity contribution in [2.24, 2.45) is 0 Å². The predicted octanol–water partition coefficient (Wildman–Crippen LogP) is 4.45. The largest absolute Gasteiger partial charge is 0.497 e. The number of halogens is 2. The second-order valence-corrected chi connectivity index (χ2v) is 8.05. The van der Waals surface area contributed by atoms with Crippen LogP contribution in [0.3, 0.4) is 0 Å². The second kappa shape index (κ2) is 9.27. The van der Waals surface area contributed by atoms with Crippen molar-refractivity contribution in [1.82, 2.24) is 15.1 Å². The Kier molecular flexibility index (Phi) is 6.26. The zero-order valence-corrected chi connectivity index (χ0v) is 17.8. The monoisotopic (exact) mass is 459 g/mol. The summed E-state index contributed by atoms with van der Waals surface area (Å²) in [6, 6.07) is 9.49. The van der Waals surface area contributed by atoms with Gasteiger partial charge in [0, 0.05) is 30.1 Å². The highest BCUT2D eigenvalue weighted by atomic mass is 32.1. The molecule has 166 valence electrons. The standard InChI is InChI=1S/C21H19F2N5O3S/c1-31-14-5-2-4-12(10-14)25-21(30)28-9-3-6-17(28)19-26-27-20(32-19)18(29)24-13-7-8-15(22)16(23)11-13/h2,4-5,7-8,10-11,17H,3,6,9H2,1H3,(H,24,29)(H,25,30)/t17-/m1/s1. The molecule has 2 heterocycles. The molecule has 1 aliphatic rings. The number of hydrogen-bond donors (Lipinski definition) is 2. The van der Waals surface area contributed by atoms with Crippen LogP contribution in [0.1, 0.15) is 33.7 Å². The summed E-state index contributed by atoms with van der Waals surface area (Å²) in [7, 11) is 1.55. The van der Waals surface area contributed by atoms with Crippen LogP contribution in [0.2, 0.25) is 0 Å². The van der Waals surface area contributed by atoms with Gasteiger partial charge < -0.3 is 20.3 Å². The van der Waals surface area contributed by atoms with Crippen LogP contribution < -0.4 is 15.4 Å². The van der Waals surface area contributed by atoms with Crippen LogP contribution in [-0.4, -0.2) is 40.7 Å². The van der Waals surface area contributed by atoms with Crippen molar-refractivity contribution >= 4 is 34.6 Å². The molecule has 0 aliphatic carbocycles. The lowest BCUT2D eigenvalue weighted by molar-refractivity contribution is 0.102. The van der Waals surface area contributed by atoms with Gasteiger partial charge in [-0.15, -0.1) is 10.2 Å². The van der Waals surface area contributed by atoms with Gasteiger partial charge in [0.05, 0.1) is 13.2 Å². The molecule has 0 unspecified atom stereocenters. The predicted molar refractivity (Wildman–Crippen MR) is 115 cm³/mol. The van der Waals surface area contributed by atoms with E-state index in [4.69, 9.17) is 4.74 Å². The van der Waals surface area contributed by atoms with Gasteiger partial charge in [-0.25, -0.2) is 13.6 Å². The zero-order chi connectivity index (χ0) is 22.7. The Balaban J connectivity index is 1.44. The van der Waals surface area contributed by atoms with E-state index in [2.05, 4.69) is 20.8 Å². The number of aromatic nitrogens is 2. The molecule has 8 nitrogen and oxygen atoms in total. The summed E-state index contributed by atoms with van der Waals surface area (Å²) in [5.74, 6) is -2.04. The average molecular weight is 459 g/mol. The molecule has 0 bridgehead atoms. The summed E-state index contributed by atoms with van der Waals surface area (Å²) in [6.45, 7) is 0.538. The maximum atomic E-state index is 13.4. The zero-order valence-electron chi connectivity index (χ0n) is 17.0. The van der Waals surface area contributed by atoms with Crippen LogP contribution in [0.5, 0.6) is 5.75 Å². The Morgan fingerprint density at radius 2 is 1.91 bits per heavy atom. The molecule has 4 rings (SSSR count). The molecular formula is C21H19F2N5O3S. The third kappa shape index (κ3) is 4.67. The SMILES string of the molecule is COc1cccc(NC(=O)N2CCC[C@@H]2c2nnc(C(=O)Nc3ccc(F)c(F)c3)s2)c1. The van der Waals surface area contributed by atoms with E-state index in [1.54, 1.807) is 36.3 Å².